The highest BCUT2D eigenvalue weighted by molar-refractivity contribution is 5.88. The summed E-state index contributed by atoms with van der Waals surface area (Å²) in [5, 5.41) is 7.88. The van der Waals surface area contributed by atoms with E-state index < -0.39 is 0 Å². The van der Waals surface area contributed by atoms with Crippen LogP contribution in [0, 0.1) is 40.4 Å². The van der Waals surface area contributed by atoms with Crippen molar-refractivity contribution < 1.29 is 19.2 Å². The molecule has 4 saturated carbocycles. The lowest BCUT2D eigenvalue weighted by Crippen LogP contribution is -2.57. The summed E-state index contributed by atoms with van der Waals surface area (Å²) in [6, 6.07) is 0. The van der Waals surface area contributed by atoms with E-state index in [1.54, 1.807) is 0 Å². The minimum atomic E-state index is -0.171. The van der Waals surface area contributed by atoms with E-state index in [2.05, 4.69) is 24.3 Å². The van der Waals surface area contributed by atoms with Crippen molar-refractivity contribution in [1.29, 1.82) is 0 Å². The molecule has 0 spiro atoms. The quantitative estimate of drug-likeness (QED) is 0.499. The van der Waals surface area contributed by atoms with E-state index in [0.717, 1.165) is 76.6 Å². The van der Waals surface area contributed by atoms with Gasteiger partial charge in [-0.3, -0.25) is 9.59 Å². The Morgan fingerprint density at radius 3 is 2.62 bits per heavy atom. The van der Waals surface area contributed by atoms with Crippen LogP contribution >= 0.6 is 12.4 Å². The molecule has 180 valence electrons. The Balaban J connectivity index is 0.00000245. The van der Waals surface area contributed by atoms with Gasteiger partial charge in [0.15, 0.2) is 0 Å². The van der Waals surface area contributed by atoms with Crippen molar-refractivity contribution in [3.8, 4) is 0 Å². The predicted octanol–water partition coefficient (Wildman–Crippen LogP) is 4.15. The van der Waals surface area contributed by atoms with Gasteiger partial charge < -0.3 is 14.9 Å². The number of esters is 1. The van der Waals surface area contributed by atoms with Crippen LogP contribution < -0.4 is 5.32 Å². The molecular weight excluding hydrogens is 428 g/mol. The van der Waals surface area contributed by atoms with Gasteiger partial charge in [0.05, 0.1) is 18.7 Å². The number of nitrogens with one attached hydrogen (secondary N) is 1. The lowest BCUT2D eigenvalue weighted by molar-refractivity contribution is -0.167. The lowest BCUT2D eigenvalue weighted by atomic mass is 9.43. The van der Waals surface area contributed by atoms with Gasteiger partial charge in [-0.05, 0) is 80.6 Å². The lowest BCUT2D eigenvalue weighted by Gasteiger charge is -2.61. The summed E-state index contributed by atoms with van der Waals surface area (Å²) in [4.78, 5) is 31.6. The molecule has 5 aliphatic rings. The molecule has 0 radical (unpaired) electrons. The van der Waals surface area contributed by atoms with Gasteiger partial charge in [0.2, 0.25) is 0 Å². The van der Waals surface area contributed by atoms with Crippen molar-refractivity contribution >= 4 is 29.9 Å². The second-order valence-electron chi connectivity index (χ2n) is 11.4. The summed E-state index contributed by atoms with van der Waals surface area (Å²) in [6.45, 7) is 6.48. The Bertz CT molecular complexity index is 782. The fourth-order valence-corrected chi connectivity index (χ4v) is 8.28. The van der Waals surface area contributed by atoms with Crippen molar-refractivity contribution in [3.63, 3.8) is 0 Å². The molecule has 0 aromatic carbocycles. The molecule has 1 N–H and O–H groups in total. The van der Waals surface area contributed by atoms with Crippen LogP contribution in [0.2, 0.25) is 0 Å². The number of Topliss-reactive ketones (excluding diaryl/α,β-unsaturated/α-hetero) is 1. The molecule has 5 rings (SSSR count). The van der Waals surface area contributed by atoms with E-state index in [0.29, 0.717) is 23.5 Å². The number of hydrogen-bond donors (Lipinski definition) is 1. The monoisotopic (exact) mass is 466 g/mol. The molecule has 1 unspecified atom stereocenters. The molecule has 6 nitrogen and oxygen atoms in total. The van der Waals surface area contributed by atoms with Crippen LogP contribution in [0.1, 0.15) is 71.6 Å². The highest BCUT2D eigenvalue weighted by Gasteiger charge is 2.63. The van der Waals surface area contributed by atoms with Gasteiger partial charge in [0.25, 0.3) is 0 Å². The molecule has 1 saturated heterocycles. The van der Waals surface area contributed by atoms with Gasteiger partial charge in [0.1, 0.15) is 11.9 Å². The molecule has 0 aromatic rings. The average molecular weight is 467 g/mol. The molecule has 0 bridgehead atoms. The van der Waals surface area contributed by atoms with Crippen LogP contribution in [-0.2, 0) is 19.2 Å². The fraction of sp³-hybridized carbons (Fsp3) is 0.880. The maximum absolute atomic E-state index is 13.0. The van der Waals surface area contributed by atoms with Crippen molar-refractivity contribution in [3.05, 3.63) is 0 Å². The normalized spacial score (nSPS) is 46.6. The Labute approximate surface area is 198 Å². The minimum absolute atomic E-state index is 0. The molecule has 8 atom stereocenters. The number of rotatable bonds is 3. The molecule has 32 heavy (non-hydrogen) atoms. The number of halogens is 1. The first-order chi connectivity index (χ1) is 14.9. The predicted molar refractivity (Wildman–Crippen MR) is 125 cm³/mol. The van der Waals surface area contributed by atoms with Crippen molar-refractivity contribution in [1.82, 2.24) is 5.32 Å². The summed E-state index contributed by atoms with van der Waals surface area (Å²) < 4.78 is 5.31. The van der Waals surface area contributed by atoms with Crippen LogP contribution in [0.15, 0.2) is 5.16 Å². The number of ether oxygens (including phenoxy) is 1. The average Bonchev–Trinajstić information content (AvgIpc) is 3.39. The van der Waals surface area contributed by atoms with Crippen LogP contribution in [0.25, 0.3) is 0 Å². The number of fused-ring (bicyclic) bond motifs is 5. The first kappa shape index (κ1) is 24.0. The Morgan fingerprint density at radius 2 is 1.91 bits per heavy atom. The third kappa shape index (κ3) is 3.70. The second kappa shape index (κ2) is 8.90. The Kier molecular flexibility index (Phi) is 6.68. The maximum Gasteiger partial charge on any atom is 0.308 e. The van der Waals surface area contributed by atoms with E-state index in [4.69, 9.17) is 9.57 Å². The van der Waals surface area contributed by atoms with E-state index in [-0.39, 0.29) is 47.1 Å². The van der Waals surface area contributed by atoms with Crippen molar-refractivity contribution in [2.24, 2.45) is 45.6 Å². The minimum Gasteiger partial charge on any atom is -0.469 e. The van der Waals surface area contributed by atoms with E-state index in [1.165, 1.54) is 7.11 Å². The number of methoxy groups -OCH3 is 1. The Hall–Kier alpha value is -1.14. The zero-order valence-corrected chi connectivity index (χ0v) is 20.5. The largest absolute Gasteiger partial charge is 0.469 e. The van der Waals surface area contributed by atoms with Gasteiger partial charge in [0, 0.05) is 24.8 Å². The summed E-state index contributed by atoms with van der Waals surface area (Å²) in [7, 11) is 1.52. The summed E-state index contributed by atoms with van der Waals surface area (Å²) >= 11 is 0. The molecule has 0 aromatic heterocycles. The van der Waals surface area contributed by atoms with Crippen LogP contribution in [-0.4, -0.2) is 43.8 Å². The SMILES string of the molecule is COC(=O)[C@H]1C[C@@H]2[C@H](CC[C@]3(C)C(=O)CC[C@@H]23)[C@@]2(C)CC/C(=N\O[C@@H]3CCNC3)CC12.Cl. The molecule has 7 heteroatoms. The summed E-state index contributed by atoms with van der Waals surface area (Å²) in [6.07, 6.45) is 8.72. The van der Waals surface area contributed by atoms with Crippen molar-refractivity contribution in [2.45, 2.75) is 77.7 Å². The summed E-state index contributed by atoms with van der Waals surface area (Å²) in [5.41, 5.74) is 1.04. The topological polar surface area (TPSA) is 77.0 Å². The Morgan fingerprint density at radius 1 is 1.09 bits per heavy atom. The van der Waals surface area contributed by atoms with Crippen LogP contribution in [0.5, 0.6) is 0 Å². The number of ketones is 1. The van der Waals surface area contributed by atoms with Gasteiger partial charge in [-0.15, -0.1) is 12.4 Å². The van der Waals surface area contributed by atoms with E-state index in [1.807, 2.05) is 0 Å². The summed E-state index contributed by atoms with van der Waals surface area (Å²) in [5.74, 6) is 1.99. The molecule has 0 amide bonds. The third-order valence-corrected chi connectivity index (χ3v) is 10.1. The standard InChI is InChI=1S/C25H38N2O4.ClH/c1-24-9-6-15(27-31-16-8-11-26-14-16)12-21(24)18(23(29)30-3)13-17-19-4-5-22(28)25(19,2)10-7-20(17)24;/h16-21,26H,4-14H2,1-3H3;1H/b27-15+;/t16-,17+,18+,19+,20+,21?,24-,25+;/m1./s1. The van der Waals surface area contributed by atoms with Crippen molar-refractivity contribution in [2.75, 3.05) is 20.2 Å². The smallest absolute Gasteiger partial charge is 0.308 e. The maximum atomic E-state index is 13.0. The molecule has 1 heterocycles. The van der Waals surface area contributed by atoms with Gasteiger partial charge in [-0.25, -0.2) is 0 Å². The number of oxime groups is 1. The molecule has 5 fully saturated rings. The number of carbonyl (C=O) groups is 2. The third-order valence-electron chi connectivity index (χ3n) is 10.1. The van der Waals surface area contributed by atoms with Crippen LogP contribution in [0.4, 0.5) is 0 Å². The van der Waals surface area contributed by atoms with Crippen LogP contribution in [0.3, 0.4) is 0 Å². The highest BCUT2D eigenvalue weighted by atomic mass is 35.5. The zero-order chi connectivity index (χ0) is 21.8. The zero-order valence-electron chi connectivity index (χ0n) is 19.7. The first-order valence-electron chi connectivity index (χ1n) is 12.4. The van der Waals surface area contributed by atoms with Gasteiger partial charge in [-0.2, -0.15) is 0 Å². The highest BCUT2D eigenvalue weighted by Crippen LogP contribution is 2.66. The van der Waals surface area contributed by atoms with Gasteiger partial charge in [-0.1, -0.05) is 19.0 Å². The second-order valence-corrected chi connectivity index (χ2v) is 11.4. The number of hydrogen-bond acceptors (Lipinski definition) is 6. The fourth-order valence-electron chi connectivity index (χ4n) is 8.28. The number of nitrogens with zero attached hydrogens (tertiary/aromatic N) is 1. The molecule has 4 aliphatic carbocycles. The number of carbonyl (C=O) groups excluding carboxylic acids is 2. The molecular formula is C25H39ClN2O4. The van der Waals surface area contributed by atoms with E-state index >= 15 is 0 Å². The molecule has 1 aliphatic heterocycles. The van der Waals surface area contributed by atoms with Gasteiger partial charge >= 0.3 is 5.97 Å². The first-order valence-corrected chi connectivity index (χ1v) is 12.4. The van der Waals surface area contributed by atoms with E-state index in [9.17, 15) is 9.59 Å².